The molecule has 0 aliphatic heterocycles. The lowest BCUT2D eigenvalue weighted by Gasteiger charge is -2.01. The molecular weight excluding hydrogens is 148 g/mol. The van der Waals surface area contributed by atoms with Crippen LogP contribution in [0.2, 0.25) is 0 Å². The number of ether oxygens (including phenoxy) is 3. The first-order valence-electron chi connectivity index (χ1n) is 3.53. The molecule has 0 N–H and O–H groups in total. The van der Waals surface area contributed by atoms with Gasteiger partial charge in [-0.05, 0) is 0 Å². The van der Waals surface area contributed by atoms with Crippen molar-refractivity contribution in [1.29, 1.82) is 0 Å². The number of carbonyl (C=O) groups excluding carboxylic acids is 1. The van der Waals surface area contributed by atoms with Crippen LogP contribution in [0.15, 0.2) is 0 Å². The summed E-state index contributed by atoms with van der Waals surface area (Å²) < 4.78 is 14.3. The molecule has 0 saturated carbocycles. The van der Waals surface area contributed by atoms with Crippen molar-refractivity contribution < 1.29 is 19.0 Å². The van der Waals surface area contributed by atoms with Gasteiger partial charge in [0.1, 0.15) is 0 Å². The van der Waals surface area contributed by atoms with Gasteiger partial charge in [0.2, 0.25) is 0 Å². The lowest BCUT2D eigenvalue weighted by atomic mass is 10.5. The van der Waals surface area contributed by atoms with Gasteiger partial charge in [-0.15, -0.1) is 0 Å². The smallest absolute Gasteiger partial charge is 0.293 e. The van der Waals surface area contributed by atoms with Crippen LogP contribution in [0.1, 0.15) is 6.42 Å². The largest absolute Gasteiger partial charge is 0.468 e. The third-order valence-electron chi connectivity index (χ3n) is 1.05. The molecule has 4 heteroatoms. The van der Waals surface area contributed by atoms with Crippen LogP contribution in [0.5, 0.6) is 0 Å². The van der Waals surface area contributed by atoms with Crippen LogP contribution in [0.3, 0.4) is 0 Å². The zero-order valence-electron chi connectivity index (χ0n) is 6.75. The van der Waals surface area contributed by atoms with Crippen molar-refractivity contribution in [1.82, 2.24) is 0 Å². The van der Waals surface area contributed by atoms with E-state index in [2.05, 4.69) is 4.74 Å². The van der Waals surface area contributed by atoms with Gasteiger partial charge < -0.3 is 14.2 Å². The van der Waals surface area contributed by atoms with Crippen molar-refractivity contribution >= 4 is 6.47 Å². The third-order valence-corrected chi connectivity index (χ3v) is 1.05. The van der Waals surface area contributed by atoms with Gasteiger partial charge in [-0.25, -0.2) is 0 Å². The van der Waals surface area contributed by atoms with E-state index in [-0.39, 0.29) is 0 Å². The van der Waals surface area contributed by atoms with Crippen LogP contribution in [0.4, 0.5) is 0 Å². The van der Waals surface area contributed by atoms with Gasteiger partial charge in [0, 0.05) is 20.1 Å². The maximum atomic E-state index is 9.66. The van der Waals surface area contributed by atoms with E-state index in [0.717, 1.165) is 6.42 Å². The zero-order chi connectivity index (χ0) is 8.36. The minimum Gasteiger partial charge on any atom is -0.468 e. The van der Waals surface area contributed by atoms with Crippen LogP contribution >= 0.6 is 0 Å². The molecule has 0 unspecified atom stereocenters. The van der Waals surface area contributed by atoms with Crippen molar-refractivity contribution in [2.75, 3.05) is 33.5 Å². The Balaban J connectivity index is 2.74. The van der Waals surface area contributed by atoms with Gasteiger partial charge in [0.25, 0.3) is 6.47 Å². The Hall–Kier alpha value is -0.610. The second-order valence-corrected chi connectivity index (χ2v) is 1.93. The second kappa shape index (κ2) is 9.39. The molecule has 0 bridgehead atoms. The average molecular weight is 162 g/mol. The van der Waals surface area contributed by atoms with Gasteiger partial charge in [-0.2, -0.15) is 0 Å². The van der Waals surface area contributed by atoms with Crippen LogP contribution < -0.4 is 0 Å². The van der Waals surface area contributed by atoms with Crippen molar-refractivity contribution in [3.8, 4) is 0 Å². The number of hydrogen-bond donors (Lipinski definition) is 0. The highest BCUT2D eigenvalue weighted by Crippen LogP contribution is 1.83. The Bertz CT molecular complexity index is 84.5. The van der Waals surface area contributed by atoms with E-state index in [9.17, 15) is 4.79 Å². The van der Waals surface area contributed by atoms with Gasteiger partial charge in [-0.1, -0.05) is 0 Å². The molecule has 0 aromatic rings. The maximum Gasteiger partial charge on any atom is 0.293 e. The van der Waals surface area contributed by atoms with E-state index in [1.807, 2.05) is 0 Å². The minimum atomic E-state index is 0.427. The molecule has 4 nitrogen and oxygen atoms in total. The Kier molecular flexibility index (Phi) is 8.87. The highest BCUT2D eigenvalue weighted by molar-refractivity contribution is 5.36. The summed E-state index contributed by atoms with van der Waals surface area (Å²) in [7, 11) is 1.62. The first-order chi connectivity index (χ1) is 5.41. The first kappa shape index (κ1) is 10.4. The van der Waals surface area contributed by atoms with E-state index in [0.29, 0.717) is 32.9 Å². The second-order valence-electron chi connectivity index (χ2n) is 1.93. The molecule has 0 fully saturated rings. The van der Waals surface area contributed by atoms with E-state index in [1.54, 1.807) is 7.11 Å². The summed E-state index contributed by atoms with van der Waals surface area (Å²) in [5.41, 5.74) is 0. The number of rotatable bonds is 8. The molecule has 0 aromatic heterocycles. The molecular formula is C7H14O4. The summed E-state index contributed by atoms with van der Waals surface area (Å²) in [6, 6.07) is 0. The molecule has 0 amide bonds. The molecule has 0 atom stereocenters. The summed E-state index contributed by atoms with van der Waals surface area (Å²) in [5.74, 6) is 0. The maximum absolute atomic E-state index is 9.66. The molecule has 0 aliphatic carbocycles. The van der Waals surface area contributed by atoms with Gasteiger partial charge in [0.15, 0.2) is 0 Å². The monoisotopic (exact) mass is 162 g/mol. The predicted octanol–water partition coefficient (Wildman–Crippen LogP) is 0.212. The van der Waals surface area contributed by atoms with E-state index >= 15 is 0 Å². The summed E-state index contributed by atoms with van der Waals surface area (Å²) >= 11 is 0. The zero-order valence-corrected chi connectivity index (χ0v) is 6.75. The Morgan fingerprint density at radius 3 is 2.64 bits per heavy atom. The number of hydrogen-bond acceptors (Lipinski definition) is 4. The summed E-state index contributed by atoms with van der Waals surface area (Å²) in [4.78, 5) is 9.66. The minimum absolute atomic E-state index is 0.427. The van der Waals surface area contributed by atoms with Crippen molar-refractivity contribution in [2.45, 2.75) is 6.42 Å². The fraction of sp³-hybridized carbons (Fsp3) is 0.857. The van der Waals surface area contributed by atoms with Crippen molar-refractivity contribution in [2.24, 2.45) is 0 Å². The topological polar surface area (TPSA) is 44.8 Å². The fourth-order valence-corrected chi connectivity index (χ4v) is 0.537. The SMILES string of the molecule is COCCOCCCOC=O. The molecule has 0 radical (unpaired) electrons. The quantitative estimate of drug-likeness (QED) is 0.378. The Morgan fingerprint density at radius 1 is 1.18 bits per heavy atom. The molecule has 11 heavy (non-hydrogen) atoms. The van der Waals surface area contributed by atoms with Crippen molar-refractivity contribution in [3.63, 3.8) is 0 Å². The summed E-state index contributed by atoms with van der Waals surface area (Å²) in [6.07, 6.45) is 0.739. The van der Waals surface area contributed by atoms with Crippen molar-refractivity contribution in [3.05, 3.63) is 0 Å². The lowest BCUT2D eigenvalue weighted by Crippen LogP contribution is -2.05. The average Bonchev–Trinajstić information content (AvgIpc) is 2.03. The highest BCUT2D eigenvalue weighted by Gasteiger charge is 1.88. The van der Waals surface area contributed by atoms with Crippen LogP contribution in [-0.4, -0.2) is 40.0 Å². The number of methoxy groups -OCH3 is 1. The van der Waals surface area contributed by atoms with Crippen LogP contribution in [-0.2, 0) is 19.0 Å². The summed E-state index contributed by atoms with van der Waals surface area (Å²) in [5, 5.41) is 0. The standard InChI is InChI=1S/C7H14O4/c1-9-5-6-10-3-2-4-11-7-8/h7H,2-6H2,1H3. The van der Waals surface area contributed by atoms with E-state index in [4.69, 9.17) is 9.47 Å². The fourth-order valence-electron chi connectivity index (χ4n) is 0.537. The molecule has 0 aliphatic rings. The van der Waals surface area contributed by atoms with Gasteiger partial charge in [-0.3, -0.25) is 4.79 Å². The third kappa shape index (κ3) is 9.39. The van der Waals surface area contributed by atoms with Gasteiger partial charge in [0.05, 0.1) is 19.8 Å². The lowest BCUT2D eigenvalue weighted by molar-refractivity contribution is -0.129. The van der Waals surface area contributed by atoms with E-state index in [1.165, 1.54) is 0 Å². The van der Waals surface area contributed by atoms with Crippen LogP contribution in [0, 0.1) is 0 Å². The normalized spacial score (nSPS) is 9.55. The summed E-state index contributed by atoms with van der Waals surface area (Å²) in [6.45, 7) is 2.68. The molecule has 0 spiro atoms. The predicted molar refractivity (Wildman–Crippen MR) is 39.3 cm³/mol. The highest BCUT2D eigenvalue weighted by atomic mass is 16.5. The molecule has 66 valence electrons. The Labute approximate surface area is 66.4 Å². The molecule has 0 heterocycles. The first-order valence-corrected chi connectivity index (χ1v) is 3.53. The Morgan fingerprint density at radius 2 is 2.00 bits per heavy atom. The number of carbonyl (C=O) groups is 1. The van der Waals surface area contributed by atoms with Gasteiger partial charge >= 0.3 is 0 Å². The molecule has 0 saturated heterocycles. The molecule has 0 rings (SSSR count). The molecule has 0 aromatic carbocycles. The van der Waals surface area contributed by atoms with E-state index < -0.39 is 0 Å². The van der Waals surface area contributed by atoms with Crippen LogP contribution in [0.25, 0.3) is 0 Å².